The number of ketones is 1. The molecule has 0 radical (unpaired) electrons. The maximum absolute atomic E-state index is 12.0. The number of Topliss-reactive ketones (excluding diaryl/α,β-unsaturated/α-hetero) is 1. The maximum Gasteiger partial charge on any atom is 0.152 e. The Morgan fingerprint density at radius 3 is 2.21 bits per heavy atom. The summed E-state index contributed by atoms with van der Waals surface area (Å²) >= 11 is 0. The summed E-state index contributed by atoms with van der Waals surface area (Å²) in [6, 6.07) is 1.24. The smallest absolute Gasteiger partial charge is 0.152 e. The van der Waals surface area contributed by atoms with Gasteiger partial charge in [-0.25, -0.2) is 0 Å². The zero-order chi connectivity index (χ0) is 10.9. The third-order valence-corrected chi connectivity index (χ3v) is 3.22. The van der Waals surface area contributed by atoms with Gasteiger partial charge in [-0.05, 0) is 33.6 Å². The Morgan fingerprint density at radius 1 is 1.21 bits per heavy atom. The van der Waals surface area contributed by atoms with Gasteiger partial charge in [0, 0.05) is 18.0 Å². The Bertz CT molecular complexity index is 210. The van der Waals surface area contributed by atoms with Gasteiger partial charge in [0.2, 0.25) is 0 Å². The maximum atomic E-state index is 12.0. The molecule has 0 saturated carbocycles. The Labute approximate surface area is 87.7 Å². The average molecular weight is 197 g/mol. The van der Waals surface area contributed by atoms with Gasteiger partial charge >= 0.3 is 0 Å². The summed E-state index contributed by atoms with van der Waals surface area (Å²) in [5.74, 6) is 0.592. The Hall–Kier alpha value is -0.370. The molecule has 0 N–H and O–H groups in total. The monoisotopic (exact) mass is 197 g/mol. The SMILES string of the molecule is CC(C)C(=O)[C@@H]1CCC(C)N1C(C)C. The molecule has 0 aliphatic carbocycles. The Kier molecular flexibility index (Phi) is 3.71. The minimum atomic E-state index is 0.173. The first-order valence-electron chi connectivity index (χ1n) is 5.76. The highest BCUT2D eigenvalue weighted by Gasteiger charge is 2.37. The molecule has 1 saturated heterocycles. The van der Waals surface area contributed by atoms with Crippen LogP contribution in [0.3, 0.4) is 0 Å². The number of likely N-dealkylation sites (tertiary alicyclic amines) is 1. The van der Waals surface area contributed by atoms with Crippen LogP contribution in [0.15, 0.2) is 0 Å². The van der Waals surface area contributed by atoms with Crippen LogP contribution in [0.5, 0.6) is 0 Å². The van der Waals surface area contributed by atoms with Crippen LogP contribution in [0.25, 0.3) is 0 Å². The minimum Gasteiger partial charge on any atom is -0.298 e. The van der Waals surface area contributed by atoms with Gasteiger partial charge in [0.1, 0.15) is 0 Å². The quantitative estimate of drug-likeness (QED) is 0.692. The minimum absolute atomic E-state index is 0.173. The van der Waals surface area contributed by atoms with Crippen molar-refractivity contribution >= 4 is 5.78 Å². The van der Waals surface area contributed by atoms with Crippen molar-refractivity contribution in [3.05, 3.63) is 0 Å². The summed E-state index contributed by atoms with van der Waals surface area (Å²) in [5.41, 5.74) is 0. The summed E-state index contributed by atoms with van der Waals surface area (Å²) in [6.45, 7) is 10.6. The van der Waals surface area contributed by atoms with E-state index in [1.54, 1.807) is 0 Å². The molecule has 1 aliphatic rings. The molecule has 2 nitrogen and oxygen atoms in total. The molecule has 0 spiro atoms. The predicted octanol–water partition coefficient (Wildman–Crippen LogP) is 2.47. The van der Waals surface area contributed by atoms with Crippen molar-refractivity contribution in [3.63, 3.8) is 0 Å². The zero-order valence-corrected chi connectivity index (χ0v) is 10.1. The van der Waals surface area contributed by atoms with Gasteiger partial charge in [-0.15, -0.1) is 0 Å². The van der Waals surface area contributed by atoms with E-state index in [2.05, 4.69) is 25.7 Å². The van der Waals surface area contributed by atoms with Crippen LogP contribution in [-0.2, 0) is 4.79 Å². The van der Waals surface area contributed by atoms with Crippen LogP contribution < -0.4 is 0 Å². The molecular weight excluding hydrogens is 174 g/mol. The topological polar surface area (TPSA) is 20.3 Å². The molecular formula is C12H23NO. The third kappa shape index (κ3) is 2.17. The Morgan fingerprint density at radius 2 is 1.79 bits per heavy atom. The van der Waals surface area contributed by atoms with Crippen molar-refractivity contribution in [2.24, 2.45) is 5.92 Å². The molecule has 2 atom stereocenters. The fraction of sp³-hybridized carbons (Fsp3) is 0.917. The van der Waals surface area contributed by atoms with E-state index in [9.17, 15) is 4.79 Å². The fourth-order valence-corrected chi connectivity index (χ4v) is 2.55. The molecule has 0 amide bonds. The fourth-order valence-electron chi connectivity index (χ4n) is 2.55. The number of carbonyl (C=O) groups excluding carboxylic acids is 1. The van der Waals surface area contributed by atoms with Gasteiger partial charge in [0.15, 0.2) is 5.78 Å². The van der Waals surface area contributed by atoms with E-state index in [0.29, 0.717) is 17.9 Å². The first-order chi connectivity index (χ1) is 6.45. The van der Waals surface area contributed by atoms with E-state index in [1.165, 1.54) is 6.42 Å². The molecule has 1 fully saturated rings. The standard InChI is InChI=1S/C12H23NO/c1-8(2)12(14)11-7-6-10(5)13(11)9(3)4/h8-11H,6-7H2,1-5H3/t10?,11-/m0/s1. The van der Waals surface area contributed by atoms with Crippen molar-refractivity contribution in [2.45, 2.75) is 65.6 Å². The molecule has 14 heavy (non-hydrogen) atoms. The van der Waals surface area contributed by atoms with Crippen molar-refractivity contribution in [1.82, 2.24) is 4.90 Å². The van der Waals surface area contributed by atoms with Crippen molar-refractivity contribution in [2.75, 3.05) is 0 Å². The van der Waals surface area contributed by atoms with Gasteiger partial charge < -0.3 is 0 Å². The largest absolute Gasteiger partial charge is 0.298 e. The van der Waals surface area contributed by atoms with E-state index in [0.717, 1.165) is 6.42 Å². The van der Waals surface area contributed by atoms with E-state index >= 15 is 0 Å². The van der Waals surface area contributed by atoms with Crippen molar-refractivity contribution in [3.8, 4) is 0 Å². The molecule has 0 aromatic carbocycles. The zero-order valence-electron chi connectivity index (χ0n) is 10.1. The number of hydrogen-bond acceptors (Lipinski definition) is 2. The summed E-state index contributed by atoms with van der Waals surface area (Å²) < 4.78 is 0. The molecule has 0 bridgehead atoms. The molecule has 1 aliphatic heterocycles. The molecule has 0 aromatic rings. The molecule has 82 valence electrons. The van der Waals surface area contributed by atoms with Gasteiger partial charge in [0.25, 0.3) is 0 Å². The molecule has 1 rings (SSSR count). The highest BCUT2D eigenvalue weighted by Crippen LogP contribution is 2.28. The van der Waals surface area contributed by atoms with E-state index in [1.807, 2.05) is 13.8 Å². The van der Waals surface area contributed by atoms with Crippen LogP contribution in [0, 0.1) is 5.92 Å². The second-order valence-electron chi connectivity index (χ2n) is 5.04. The van der Waals surface area contributed by atoms with Crippen LogP contribution in [-0.4, -0.2) is 28.8 Å². The highest BCUT2D eigenvalue weighted by molar-refractivity contribution is 5.86. The number of nitrogens with zero attached hydrogens (tertiary/aromatic N) is 1. The summed E-state index contributed by atoms with van der Waals surface area (Å²) in [6.07, 6.45) is 2.22. The average Bonchev–Trinajstić information content (AvgIpc) is 2.45. The van der Waals surface area contributed by atoms with Crippen LogP contribution in [0.4, 0.5) is 0 Å². The van der Waals surface area contributed by atoms with Crippen LogP contribution >= 0.6 is 0 Å². The van der Waals surface area contributed by atoms with Crippen molar-refractivity contribution < 1.29 is 4.79 Å². The van der Waals surface area contributed by atoms with Gasteiger partial charge in [-0.1, -0.05) is 13.8 Å². The lowest BCUT2D eigenvalue weighted by molar-refractivity contribution is -0.127. The summed E-state index contributed by atoms with van der Waals surface area (Å²) in [4.78, 5) is 14.3. The first-order valence-corrected chi connectivity index (χ1v) is 5.76. The number of hydrogen-bond donors (Lipinski definition) is 0. The van der Waals surface area contributed by atoms with E-state index < -0.39 is 0 Å². The van der Waals surface area contributed by atoms with Crippen LogP contribution in [0.2, 0.25) is 0 Å². The first kappa shape index (κ1) is 11.7. The molecule has 1 heterocycles. The highest BCUT2D eigenvalue weighted by atomic mass is 16.1. The van der Waals surface area contributed by atoms with E-state index in [4.69, 9.17) is 0 Å². The number of rotatable bonds is 3. The molecule has 2 heteroatoms. The van der Waals surface area contributed by atoms with Gasteiger partial charge in [-0.2, -0.15) is 0 Å². The lowest BCUT2D eigenvalue weighted by Gasteiger charge is -2.32. The van der Waals surface area contributed by atoms with E-state index in [-0.39, 0.29) is 12.0 Å². The summed E-state index contributed by atoms with van der Waals surface area (Å²) in [7, 11) is 0. The normalized spacial score (nSPS) is 29.1. The second-order valence-corrected chi connectivity index (χ2v) is 5.04. The van der Waals surface area contributed by atoms with Crippen LogP contribution in [0.1, 0.15) is 47.5 Å². The Balaban J connectivity index is 2.74. The number of carbonyl (C=O) groups is 1. The van der Waals surface area contributed by atoms with Gasteiger partial charge in [-0.3, -0.25) is 9.69 Å². The second kappa shape index (κ2) is 4.43. The third-order valence-electron chi connectivity index (χ3n) is 3.22. The van der Waals surface area contributed by atoms with Crippen molar-refractivity contribution in [1.29, 1.82) is 0 Å². The lowest BCUT2D eigenvalue weighted by atomic mass is 9.99. The predicted molar refractivity (Wildman–Crippen MR) is 59.3 cm³/mol. The molecule has 0 aromatic heterocycles. The molecule has 1 unspecified atom stereocenters. The van der Waals surface area contributed by atoms with Gasteiger partial charge in [0.05, 0.1) is 6.04 Å². The summed E-state index contributed by atoms with van der Waals surface area (Å²) in [5, 5.41) is 0. The lowest BCUT2D eigenvalue weighted by Crippen LogP contribution is -2.45.